The fraction of sp³-hybridized carbons (Fsp3) is 0.290. The first-order chi connectivity index (χ1) is 21.8. The zero-order chi connectivity index (χ0) is 34.0. The van der Waals surface area contributed by atoms with Crippen molar-refractivity contribution in [3.8, 4) is 0 Å². The van der Waals surface area contributed by atoms with Gasteiger partial charge in [0.1, 0.15) is 17.4 Å². The molecular weight excluding hydrogens is 639 g/mol. The van der Waals surface area contributed by atoms with E-state index in [1.54, 1.807) is 56.3 Å². The van der Waals surface area contributed by atoms with E-state index in [4.69, 9.17) is 28.3 Å². The normalized spacial score (nSPS) is 11.9. The summed E-state index contributed by atoms with van der Waals surface area (Å²) >= 11 is 11.9. The first-order valence-electron chi connectivity index (χ1n) is 14.2. The average molecular weight is 674 g/mol. The number of nitrogens with zero attached hydrogens (tertiary/aromatic N) is 2. The molecule has 0 aliphatic rings. The fourth-order valence-electron chi connectivity index (χ4n) is 4.58. The van der Waals surface area contributed by atoms with Gasteiger partial charge >= 0.3 is 17.3 Å². The molecule has 244 valence electrons. The highest BCUT2D eigenvalue weighted by atomic mass is 35.5. The van der Waals surface area contributed by atoms with Crippen molar-refractivity contribution >= 4 is 46.6 Å². The first-order valence-corrected chi connectivity index (χ1v) is 15.0. The van der Waals surface area contributed by atoms with Gasteiger partial charge in [-0.1, -0.05) is 47.5 Å². The monoisotopic (exact) mass is 672 g/mol. The zero-order valence-electron chi connectivity index (χ0n) is 25.3. The lowest BCUT2D eigenvalue weighted by Gasteiger charge is -2.19. The molecule has 0 radical (unpaired) electrons. The first kappa shape index (κ1) is 35.6. The Balaban J connectivity index is 0.000000250. The van der Waals surface area contributed by atoms with Crippen LogP contribution in [-0.2, 0) is 22.7 Å². The Morgan fingerprint density at radius 2 is 1.15 bits per heavy atom. The van der Waals surface area contributed by atoms with E-state index >= 15 is 0 Å². The van der Waals surface area contributed by atoms with Crippen molar-refractivity contribution in [2.24, 2.45) is 0 Å². The summed E-state index contributed by atoms with van der Waals surface area (Å²) < 4.78 is 2.13. The predicted molar refractivity (Wildman–Crippen MR) is 177 cm³/mol. The highest BCUT2D eigenvalue weighted by Crippen LogP contribution is 2.25. The molecule has 46 heavy (non-hydrogen) atoms. The maximum atomic E-state index is 11.9. The van der Waals surface area contributed by atoms with Gasteiger partial charge in [-0.2, -0.15) is 0 Å². The number of carboxylic acids is 1. The third-order valence-electron chi connectivity index (χ3n) is 6.71. The van der Waals surface area contributed by atoms with Gasteiger partial charge in [-0.3, -0.25) is 38.3 Å². The lowest BCUT2D eigenvalue weighted by Crippen LogP contribution is -2.34. The summed E-state index contributed by atoms with van der Waals surface area (Å²) in [7, 11) is 0. The Hall–Kier alpha value is -4.88. The number of nitrogens with one attached hydrogen (secondary N) is 4. The molecule has 4 aromatic rings. The highest BCUT2D eigenvalue weighted by Gasteiger charge is 2.18. The highest BCUT2D eigenvalue weighted by molar-refractivity contribution is 6.30. The maximum absolute atomic E-state index is 11.9. The van der Waals surface area contributed by atoms with Gasteiger partial charge in [0.25, 0.3) is 11.1 Å². The average Bonchev–Trinajstić information content (AvgIpc) is 2.96. The van der Waals surface area contributed by atoms with E-state index in [1.165, 1.54) is 19.1 Å². The number of aliphatic carboxylic acids is 1. The molecule has 4 rings (SSSR count). The molecule has 2 heterocycles. The van der Waals surface area contributed by atoms with E-state index in [0.29, 0.717) is 22.2 Å². The largest absolute Gasteiger partial charge is 0.481 e. The number of ketones is 1. The number of aromatic nitrogens is 4. The van der Waals surface area contributed by atoms with Crippen molar-refractivity contribution in [2.45, 2.75) is 58.8 Å². The van der Waals surface area contributed by atoms with Crippen LogP contribution in [0.5, 0.6) is 0 Å². The van der Waals surface area contributed by atoms with Crippen LogP contribution in [-0.4, -0.2) is 36.0 Å². The topological polar surface area (TPSA) is 188 Å². The minimum atomic E-state index is -1.02. The lowest BCUT2D eigenvalue weighted by atomic mass is 10.0. The second-order valence-corrected chi connectivity index (χ2v) is 11.0. The van der Waals surface area contributed by atoms with Gasteiger partial charge in [-0.25, -0.2) is 9.59 Å². The summed E-state index contributed by atoms with van der Waals surface area (Å²) in [6, 6.07) is 15.3. The molecule has 2 aromatic heterocycles. The van der Waals surface area contributed by atoms with Crippen LogP contribution >= 0.6 is 23.2 Å². The van der Waals surface area contributed by atoms with Gasteiger partial charge in [-0.15, -0.1) is 0 Å². The van der Waals surface area contributed by atoms with E-state index in [1.807, 2.05) is 6.07 Å². The van der Waals surface area contributed by atoms with E-state index in [0.717, 1.165) is 14.7 Å². The number of hydrogen-bond donors (Lipinski definition) is 5. The number of H-pyrrole nitrogens is 2. The molecular formula is C31H34Cl2N6O7. The van der Waals surface area contributed by atoms with Gasteiger partial charge in [0.15, 0.2) is 0 Å². The molecule has 0 saturated heterocycles. The summed E-state index contributed by atoms with van der Waals surface area (Å²) in [5, 5.41) is 16.0. The third kappa shape index (κ3) is 10.1. The number of anilines is 2. The quantitative estimate of drug-likeness (QED) is 0.147. The number of carboxylic acid groups (broad SMARTS) is 1. The Morgan fingerprint density at radius 3 is 1.48 bits per heavy atom. The number of Topliss-reactive ketones (excluding diaryl/α,β-unsaturated/α-hetero) is 1. The van der Waals surface area contributed by atoms with Crippen LogP contribution in [0.2, 0.25) is 10.0 Å². The van der Waals surface area contributed by atoms with Crippen LogP contribution in [0.1, 0.15) is 56.8 Å². The molecule has 0 saturated carbocycles. The SMILES string of the molecule is CCn1c(=O)cc(N[C@H](CC(=O)O)c2cccc(Cl)c2)[nH]c1=O.CCn1c(=O)cc(N[C@H](CC(C)=O)c2cccc(Cl)c2)[nH]c1=O. The number of rotatable bonds is 12. The Kier molecular flexibility index (Phi) is 12.7. The van der Waals surface area contributed by atoms with Crippen molar-refractivity contribution < 1.29 is 14.7 Å². The molecule has 0 amide bonds. The lowest BCUT2D eigenvalue weighted by molar-refractivity contribution is -0.137. The second kappa shape index (κ2) is 16.4. The van der Waals surface area contributed by atoms with Crippen molar-refractivity contribution in [1.29, 1.82) is 0 Å². The molecule has 15 heteroatoms. The van der Waals surface area contributed by atoms with Gasteiger partial charge in [0, 0.05) is 41.7 Å². The number of hydrogen-bond acceptors (Lipinski definition) is 8. The maximum Gasteiger partial charge on any atom is 0.329 e. The fourth-order valence-corrected chi connectivity index (χ4v) is 4.98. The van der Waals surface area contributed by atoms with Crippen LogP contribution < -0.4 is 33.1 Å². The molecule has 0 fully saturated rings. The molecule has 0 spiro atoms. The van der Waals surface area contributed by atoms with Crippen molar-refractivity contribution in [3.63, 3.8) is 0 Å². The van der Waals surface area contributed by atoms with Crippen LogP contribution in [0.4, 0.5) is 11.6 Å². The molecule has 0 aliphatic heterocycles. The second-order valence-electron chi connectivity index (χ2n) is 10.1. The molecule has 5 N–H and O–H groups in total. The molecule has 0 aliphatic carbocycles. The number of carbonyl (C=O) groups excluding carboxylic acids is 1. The molecule has 0 unspecified atom stereocenters. The third-order valence-corrected chi connectivity index (χ3v) is 7.18. The van der Waals surface area contributed by atoms with E-state index in [9.17, 15) is 28.8 Å². The van der Waals surface area contributed by atoms with Gasteiger partial charge in [0.2, 0.25) is 0 Å². The number of carbonyl (C=O) groups is 2. The summed E-state index contributed by atoms with van der Waals surface area (Å²) in [6.45, 7) is 5.43. The van der Waals surface area contributed by atoms with E-state index < -0.39 is 40.6 Å². The van der Waals surface area contributed by atoms with Crippen molar-refractivity contribution in [2.75, 3.05) is 10.6 Å². The Labute approximate surface area is 272 Å². The van der Waals surface area contributed by atoms with Gasteiger partial charge < -0.3 is 15.7 Å². The van der Waals surface area contributed by atoms with E-state index in [2.05, 4.69) is 20.6 Å². The summed E-state index contributed by atoms with van der Waals surface area (Å²) in [4.78, 5) is 75.2. The van der Waals surface area contributed by atoms with Crippen molar-refractivity contribution in [3.05, 3.63) is 124 Å². The summed E-state index contributed by atoms with van der Waals surface area (Å²) in [5.41, 5.74) is -0.461. The molecule has 13 nitrogen and oxygen atoms in total. The molecule has 0 bridgehead atoms. The van der Waals surface area contributed by atoms with E-state index in [-0.39, 0.29) is 36.8 Å². The minimum absolute atomic E-state index is 0.0216. The Bertz CT molecular complexity index is 1730. The van der Waals surface area contributed by atoms with Gasteiger partial charge in [0.05, 0.1) is 18.5 Å². The summed E-state index contributed by atoms with van der Waals surface area (Å²) in [5.74, 6) is -0.606. The minimum Gasteiger partial charge on any atom is -0.481 e. The van der Waals surface area contributed by atoms with Crippen LogP contribution in [0.25, 0.3) is 0 Å². The van der Waals surface area contributed by atoms with Crippen LogP contribution in [0.15, 0.2) is 79.8 Å². The number of halogens is 2. The van der Waals surface area contributed by atoms with Gasteiger partial charge in [-0.05, 0) is 56.2 Å². The number of aromatic amines is 2. The summed E-state index contributed by atoms with van der Waals surface area (Å²) in [6.07, 6.45) is -0.0293. The number of benzene rings is 2. The molecule has 2 atom stereocenters. The zero-order valence-corrected chi connectivity index (χ0v) is 26.8. The van der Waals surface area contributed by atoms with Crippen LogP contribution in [0, 0.1) is 0 Å². The standard InChI is InChI=1S/C16H18ClN3O3.C15H16ClN3O4/c1-3-20-15(22)9-14(19-16(20)23)18-13(7-10(2)21)11-5-4-6-12(17)8-11;1-2-19-13(20)8-12(18-15(19)23)17-11(7-14(21)22)9-4-3-5-10(16)6-9/h4-6,8-9,13,18H,3,7H2,1-2H3,(H,19,23);3-6,8,11,17H,2,7H2,1H3,(H,18,23)(H,21,22)/t13-;11-/m11/s1. The molecule has 2 aromatic carbocycles. The van der Waals surface area contributed by atoms with Crippen molar-refractivity contribution in [1.82, 2.24) is 19.1 Å². The predicted octanol–water partition coefficient (Wildman–Crippen LogP) is 4.18. The Morgan fingerprint density at radius 1 is 0.739 bits per heavy atom. The van der Waals surface area contributed by atoms with Crippen LogP contribution in [0.3, 0.4) is 0 Å². The smallest absolute Gasteiger partial charge is 0.329 e.